The van der Waals surface area contributed by atoms with E-state index in [9.17, 15) is 24.5 Å². The molecular weight excluding hydrogens is 504 g/mol. The zero-order valence-corrected chi connectivity index (χ0v) is 22.2. The number of nitrogens with one attached hydrogen (secondary N) is 1. The van der Waals surface area contributed by atoms with E-state index in [0.717, 1.165) is 0 Å². The number of rotatable bonds is 8. The van der Waals surface area contributed by atoms with Gasteiger partial charge in [0.1, 0.15) is 11.7 Å². The molecule has 0 radical (unpaired) electrons. The predicted octanol–water partition coefficient (Wildman–Crippen LogP) is 4.32. The van der Waals surface area contributed by atoms with Crippen LogP contribution in [0, 0.1) is 16.0 Å². The van der Waals surface area contributed by atoms with E-state index in [2.05, 4.69) is 5.32 Å². The number of methoxy groups -OCH3 is 1. The Morgan fingerprint density at radius 2 is 1.72 bits per heavy atom. The minimum atomic E-state index is -1.19. The van der Waals surface area contributed by atoms with Crippen LogP contribution < -0.4 is 10.1 Å². The second-order valence-corrected chi connectivity index (χ2v) is 9.20. The van der Waals surface area contributed by atoms with Gasteiger partial charge in [0.25, 0.3) is 5.69 Å². The molecule has 0 unspecified atom stereocenters. The Morgan fingerprint density at radius 1 is 1.05 bits per heavy atom. The van der Waals surface area contributed by atoms with Crippen molar-refractivity contribution in [2.24, 2.45) is 5.92 Å². The molecule has 0 fully saturated rings. The molecule has 0 bridgehead atoms. The monoisotopic (exact) mass is 534 g/mol. The van der Waals surface area contributed by atoms with Crippen molar-refractivity contribution in [3.8, 4) is 5.75 Å². The Balaban J connectivity index is 1.92. The Morgan fingerprint density at radius 3 is 2.33 bits per heavy atom. The number of nitro groups is 1. The molecule has 0 amide bonds. The summed E-state index contributed by atoms with van der Waals surface area (Å²) in [5.41, 5.74) is 2.55. The molecule has 10 nitrogen and oxygen atoms in total. The lowest BCUT2D eigenvalue weighted by molar-refractivity contribution is -0.384. The van der Waals surface area contributed by atoms with Gasteiger partial charge in [0.05, 0.1) is 30.8 Å². The Labute approximate surface area is 225 Å². The number of esters is 2. The van der Waals surface area contributed by atoms with Gasteiger partial charge in [0.15, 0.2) is 5.78 Å². The number of dihydropyridines is 1. The molecule has 1 N–H and O–H groups in total. The van der Waals surface area contributed by atoms with Crippen LogP contribution in [-0.4, -0.2) is 43.0 Å². The van der Waals surface area contributed by atoms with E-state index in [0.29, 0.717) is 28.3 Å². The van der Waals surface area contributed by atoms with Crippen LogP contribution in [0.2, 0.25) is 0 Å². The van der Waals surface area contributed by atoms with Crippen molar-refractivity contribution in [2.75, 3.05) is 20.3 Å². The van der Waals surface area contributed by atoms with Crippen molar-refractivity contribution in [3.63, 3.8) is 0 Å². The first-order chi connectivity index (χ1) is 18.7. The van der Waals surface area contributed by atoms with Crippen LogP contribution in [-0.2, 0) is 23.9 Å². The Bertz CT molecular complexity index is 1380. The largest absolute Gasteiger partial charge is 0.496 e. The molecule has 204 valence electrons. The number of Topliss-reactive ketones (excluding diaryl/α,β-unsaturated/α-hetero) is 1. The summed E-state index contributed by atoms with van der Waals surface area (Å²) in [5, 5.41) is 14.5. The van der Waals surface area contributed by atoms with Gasteiger partial charge < -0.3 is 19.5 Å². The number of non-ortho nitro benzene ring substituents is 1. The molecule has 2 aromatic carbocycles. The number of ketones is 1. The highest BCUT2D eigenvalue weighted by molar-refractivity contribution is 6.13. The number of carbonyl (C=O) groups excluding carboxylic acids is 3. The highest BCUT2D eigenvalue weighted by Crippen LogP contribution is 2.49. The summed E-state index contributed by atoms with van der Waals surface area (Å²) in [7, 11) is 1.52. The van der Waals surface area contributed by atoms with E-state index < -0.39 is 40.4 Å². The number of benzene rings is 2. The first kappa shape index (κ1) is 27.6. The number of hydrogen-bond acceptors (Lipinski definition) is 9. The second-order valence-electron chi connectivity index (χ2n) is 9.20. The van der Waals surface area contributed by atoms with Crippen molar-refractivity contribution >= 4 is 23.4 Å². The van der Waals surface area contributed by atoms with Gasteiger partial charge in [-0.05, 0) is 44.4 Å². The quantitative estimate of drug-likeness (QED) is 0.227. The summed E-state index contributed by atoms with van der Waals surface area (Å²) in [4.78, 5) is 51.5. The number of allylic oxidation sites excluding steroid dienone is 3. The molecule has 39 heavy (non-hydrogen) atoms. The number of nitro benzene ring substituents is 1. The van der Waals surface area contributed by atoms with Crippen LogP contribution >= 0.6 is 0 Å². The van der Waals surface area contributed by atoms with Crippen LogP contribution in [0.4, 0.5) is 5.69 Å². The number of hydrogen-bond donors (Lipinski definition) is 1. The van der Waals surface area contributed by atoms with Crippen molar-refractivity contribution in [3.05, 3.63) is 92.3 Å². The molecule has 2 aliphatic rings. The standard InChI is InChI=1S/C29H30N2O8/c1-5-38-28(33)23-16(3)30-21-15-20(19-9-7-8-10-22(19)37-4)25(29(34)39-6-2)27(32)26(21)24(23)17-11-13-18(14-12-17)31(35)36/h7-14,20,24-25,30H,5-6,15H2,1-4H3/t20-,24-,25-/m1/s1. The maximum Gasteiger partial charge on any atom is 0.336 e. The maximum atomic E-state index is 14.3. The van der Waals surface area contributed by atoms with Gasteiger partial charge in [-0.2, -0.15) is 0 Å². The second kappa shape index (κ2) is 11.5. The van der Waals surface area contributed by atoms with Gasteiger partial charge >= 0.3 is 11.9 Å². The Hall–Kier alpha value is -4.47. The summed E-state index contributed by atoms with van der Waals surface area (Å²) in [6, 6.07) is 12.9. The lowest BCUT2D eigenvalue weighted by Gasteiger charge is -2.39. The van der Waals surface area contributed by atoms with Gasteiger partial charge in [-0.25, -0.2) is 4.79 Å². The molecule has 1 aliphatic carbocycles. The molecule has 4 rings (SSSR count). The highest BCUT2D eigenvalue weighted by atomic mass is 16.6. The van der Waals surface area contributed by atoms with Gasteiger partial charge in [-0.1, -0.05) is 30.3 Å². The first-order valence-corrected chi connectivity index (χ1v) is 12.7. The van der Waals surface area contributed by atoms with Gasteiger partial charge in [-0.3, -0.25) is 19.7 Å². The zero-order chi connectivity index (χ0) is 28.3. The molecule has 0 saturated carbocycles. The van der Waals surface area contributed by atoms with Crippen molar-refractivity contribution in [1.29, 1.82) is 0 Å². The van der Waals surface area contributed by atoms with Gasteiger partial charge in [-0.15, -0.1) is 0 Å². The normalized spacial score (nSPS) is 20.6. The highest BCUT2D eigenvalue weighted by Gasteiger charge is 2.49. The third-order valence-electron chi connectivity index (χ3n) is 7.03. The first-order valence-electron chi connectivity index (χ1n) is 12.7. The summed E-state index contributed by atoms with van der Waals surface area (Å²) in [6.07, 6.45) is 0.266. The fourth-order valence-corrected chi connectivity index (χ4v) is 5.40. The van der Waals surface area contributed by atoms with Crippen molar-refractivity contribution < 1.29 is 33.5 Å². The zero-order valence-electron chi connectivity index (χ0n) is 22.2. The molecule has 0 saturated heterocycles. The van der Waals surface area contributed by atoms with Gasteiger partial charge in [0.2, 0.25) is 0 Å². The number of nitrogens with zero attached hydrogens (tertiary/aromatic N) is 1. The molecule has 0 aromatic heterocycles. The number of para-hydroxylation sites is 1. The lowest BCUT2D eigenvalue weighted by Crippen LogP contribution is -2.43. The topological polar surface area (TPSA) is 134 Å². The van der Waals surface area contributed by atoms with Gasteiger partial charge in [0, 0.05) is 40.9 Å². The fraction of sp³-hybridized carbons (Fsp3) is 0.345. The Kier molecular flexibility index (Phi) is 8.13. The van der Waals surface area contributed by atoms with Crippen LogP contribution in [0.3, 0.4) is 0 Å². The maximum absolute atomic E-state index is 14.3. The minimum Gasteiger partial charge on any atom is -0.496 e. The minimum absolute atomic E-state index is 0.0876. The van der Waals surface area contributed by atoms with Crippen LogP contribution in [0.15, 0.2) is 71.1 Å². The third-order valence-corrected chi connectivity index (χ3v) is 7.03. The van der Waals surface area contributed by atoms with E-state index in [1.54, 1.807) is 32.9 Å². The number of ether oxygens (including phenoxy) is 3. The molecule has 1 aliphatic heterocycles. The third kappa shape index (κ3) is 5.14. The predicted molar refractivity (Wildman–Crippen MR) is 141 cm³/mol. The van der Waals surface area contributed by atoms with E-state index in [1.165, 1.54) is 31.4 Å². The van der Waals surface area contributed by atoms with Crippen LogP contribution in [0.1, 0.15) is 50.2 Å². The summed E-state index contributed by atoms with van der Waals surface area (Å²) in [5.74, 6) is -3.92. The van der Waals surface area contributed by atoms with E-state index in [1.807, 2.05) is 12.1 Å². The molecule has 1 heterocycles. The summed E-state index contributed by atoms with van der Waals surface area (Å²) in [6.45, 7) is 5.26. The van der Waals surface area contributed by atoms with Crippen LogP contribution in [0.25, 0.3) is 0 Å². The van der Waals surface area contributed by atoms with Crippen LogP contribution in [0.5, 0.6) is 5.75 Å². The van der Waals surface area contributed by atoms with Crippen molar-refractivity contribution in [2.45, 2.75) is 39.0 Å². The average Bonchev–Trinajstić information content (AvgIpc) is 2.92. The summed E-state index contributed by atoms with van der Waals surface area (Å²) < 4.78 is 16.2. The van der Waals surface area contributed by atoms with E-state index in [4.69, 9.17) is 14.2 Å². The summed E-state index contributed by atoms with van der Waals surface area (Å²) >= 11 is 0. The molecule has 10 heteroatoms. The smallest absolute Gasteiger partial charge is 0.336 e. The SMILES string of the molecule is CCOC(=O)C1=C(C)NC2=C(C(=O)[C@H](C(=O)OCC)[C@@H](c3ccccc3OC)C2)[C@@H]1c1ccc([N+](=O)[O-])cc1. The van der Waals surface area contributed by atoms with E-state index in [-0.39, 0.29) is 36.5 Å². The molecule has 3 atom stereocenters. The molecule has 2 aromatic rings. The average molecular weight is 535 g/mol. The molecular formula is C29H30N2O8. The fourth-order valence-electron chi connectivity index (χ4n) is 5.40. The molecule has 0 spiro atoms. The van der Waals surface area contributed by atoms with E-state index >= 15 is 0 Å². The lowest BCUT2D eigenvalue weighted by atomic mass is 9.67. The van der Waals surface area contributed by atoms with Crippen molar-refractivity contribution in [1.82, 2.24) is 5.32 Å². The number of carbonyl (C=O) groups is 3.